The molecule has 156 valence electrons. The van der Waals surface area contributed by atoms with Crippen molar-refractivity contribution in [2.75, 3.05) is 36.4 Å². The summed E-state index contributed by atoms with van der Waals surface area (Å²) in [5, 5.41) is 6.83. The predicted octanol–water partition coefficient (Wildman–Crippen LogP) is 4.99. The summed E-state index contributed by atoms with van der Waals surface area (Å²) in [6.07, 6.45) is 1.36. The minimum atomic E-state index is 0.130. The zero-order valence-corrected chi connectivity index (χ0v) is 18.5. The molecule has 5 nitrogen and oxygen atoms in total. The van der Waals surface area contributed by atoms with E-state index in [0.717, 1.165) is 46.7 Å². The van der Waals surface area contributed by atoms with E-state index in [1.165, 1.54) is 16.9 Å². The van der Waals surface area contributed by atoms with Gasteiger partial charge in [0.2, 0.25) is 5.91 Å². The number of nitrogens with zero attached hydrogens (tertiary/aromatic N) is 3. The number of carbonyl (C=O) groups excluding carboxylic acids is 1. The molecule has 1 saturated heterocycles. The minimum Gasteiger partial charge on any atom is -0.368 e. The highest BCUT2D eigenvalue weighted by molar-refractivity contribution is 7.13. The summed E-state index contributed by atoms with van der Waals surface area (Å²) in [6, 6.07) is 16.2. The van der Waals surface area contributed by atoms with Crippen LogP contribution in [0.1, 0.15) is 18.2 Å². The van der Waals surface area contributed by atoms with Crippen molar-refractivity contribution in [3.8, 4) is 0 Å². The Bertz CT molecular complexity index is 996. The number of hydrogen-bond donors (Lipinski definition) is 1. The van der Waals surface area contributed by atoms with Crippen LogP contribution in [-0.4, -0.2) is 42.0 Å². The molecule has 0 atom stereocenters. The summed E-state index contributed by atoms with van der Waals surface area (Å²) in [5.41, 5.74) is 4.24. The van der Waals surface area contributed by atoms with Gasteiger partial charge >= 0.3 is 0 Å². The van der Waals surface area contributed by atoms with Gasteiger partial charge in [-0.05, 0) is 42.3 Å². The first-order valence-corrected chi connectivity index (χ1v) is 11.4. The van der Waals surface area contributed by atoms with Gasteiger partial charge < -0.3 is 15.1 Å². The van der Waals surface area contributed by atoms with Crippen LogP contribution < -0.4 is 10.2 Å². The lowest BCUT2D eigenvalue weighted by atomic mass is 10.1. The maximum Gasteiger partial charge on any atom is 0.228 e. The van der Waals surface area contributed by atoms with Crippen molar-refractivity contribution in [2.45, 2.75) is 19.8 Å². The number of halogens is 1. The number of aryl methyl sites for hydroxylation is 1. The number of thiazole rings is 1. The van der Waals surface area contributed by atoms with E-state index in [0.29, 0.717) is 19.5 Å². The minimum absolute atomic E-state index is 0.130. The van der Waals surface area contributed by atoms with Crippen LogP contribution >= 0.6 is 22.9 Å². The fraction of sp³-hybridized carbons (Fsp3) is 0.304. The lowest BCUT2D eigenvalue weighted by Crippen LogP contribution is -2.49. The highest BCUT2D eigenvalue weighted by atomic mass is 35.5. The highest BCUT2D eigenvalue weighted by Crippen LogP contribution is 2.23. The summed E-state index contributed by atoms with van der Waals surface area (Å²) in [4.78, 5) is 21.5. The lowest BCUT2D eigenvalue weighted by Gasteiger charge is -2.36. The molecule has 0 radical (unpaired) electrons. The molecule has 0 unspecified atom stereocenters. The van der Waals surface area contributed by atoms with Crippen LogP contribution in [0.25, 0.3) is 0 Å². The van der Waals surface area contributed by atoms with Crippen LogP contribution in [0.4, 0.5) is 16.5 Å². The topological polar surface area (TPSA) is 48.5 Å². The molecule has 2 aromatic carbocycles. The number of carbonyl (C=O) groups is 1. The molecule has 4 rings (SSSR count). The fourth-order valence-corrected chi connectivity index (χ4v) is 4.46. The van der Waals surface area contributed by atoms with Gasteiger partial charge in [0.05, 0.1) is 12.1 Å². The van der Waals surface area contributed by atoms with Crippen molar-refractivity contribution < 1.29 is 4.79 Å². The highest BCUT2D eigenvalue weighted by Gasteiger charge is 2.22. The molecule has 0 spiro atoms. The van der Waals surface area contributed by atoms with E-state index in [9.17, 15) is 4.79 Å². The third-order valence-corrected chi connectivity index (χ3v) is 6.34. The monoisotopic (exact) mass is 440 g/mol. The third-order valence-electron chi connectivity index (χ3n) is 5.30. The Morgan fingerprint density at radius 3 is 2.60 bits per heavy atom. The van der Waals surface area contributed by atoms with Crippen molar-refractivity contribution in [1.29, 1.82) is 0 Å². The average Bonchev–Trinajstić information content (AvgIpc) is 3.21. The van der Waals surface area contributed by atoms with E-state index in [4.69, 9.17) is 11.6 Å². The van der Waals surface area contributed by atoms with Gasteiger partial charge in [0.25, 0.3) is 0 Å². The quantitative estimate of drug-likeness (QED) is 0.586. The van der Waals surface area contributed by atoms with Crippen molar-refractivity contribution >= 4 is 45.4 Å². The normalized spacial score (nSPS) is 14.1. The Hall–Kier alpha value is -2.57. The van der Waals surface area contributed by atoms with Gasteiger partial charge in [0.15, 0.2) is 5.13 Å². The molecular weight excluding hydrogens is 416 g/mol. The van der Waals surface area contributed by atoms with E-state index in [2.05, 4.69) is 52.5 Å². The van der Waals surface area contributed by atoms with Gasteiger partial charge in [-0.25, -0.2) is 4.98 Å². The largest absolute Gasteiger partial charge is 0.368 e. The second kappa shape index (κ2) is 9.49. The smallest absolute Gasteiger partial charge is 0.228 e. The van der Waals surface area contributed by atoms with E-state index in [-0.39, 0.29) is 5.91 Å². The lowest BCUT2D eigenvalue weighted by molar-refractivity contribution is -0.130. The number of hydrogen-bond acceptors (Lipinski definition) is 5. The van der Waals surface area contributed by atoms with Gasteiger partial charge in [-0.3, -0.25) is 4.79 Å². The molecule has 1 amide bonds. The molecule has 1 N–H and O–H groups in total. The van der Waals surface area contributed by atoms with Crippen LogP contribution in [0, 0.1) is 0 Å². The zero-order chi connectivity index (χ0) is 20.9. The van der Waals surface area contributed by atoms with Crippen LogP contribution in [0.2, 0.25) is 5.02 Å². The second-order valence-corrected chi connectivity index (χ2v) is 8.64. The first-order chi connectivity index (χ1) is 14.6. The van der Waals surface area contributed by atoms with E-state index < -0.39 is 0 Å². The predicted molar refractivity (Wildman–Crippen MR) is 125 cm³/mol. The Kier molecular flexibility index (Phi) is 6.55. The first-order valence-electron chi connectivity index (χ1n) is 10.2. The molecule has 7 heteroatoms. The molecule has 1 fully saturated rings. The summed E-state index contributed by atoms with van der Waals surface area (Å²) in [6.45, 7) is 5.19. The number of aromatic nitrogens is 1. The molecule has 1 aromatic heterocycles. The Morgan fingerprint density at radius 2 is 1.90 bits per heavy atom. The first kappa shape index (κ1) is 20.7. The molecular formula is C23H25ClN4OS. The van der Waals surface area contributed by atoms with Gasteiger partial charge in [0, 0.05) is 48.0 Å². The Balaban J connectivity index is 1.29. The average molecular weight is 441 g/mol. The fourth-order valence-electron chi connectivity index (χ4n) is 3.55. The van der Waals surface area contributed by atoms with Crippen molar-refractivity contribution in [3.63, 3.8) is 0 Å². The molecule has 0 saturated carbocycles. The maximum absolute atomic E-state index is 12.7. The van der Waals surface area contributed by atoms with Gasteiger partial charge in [-0.1, -0.05) is 36.7 Å². The van der Waals surface area contributed by atoms with Crippen molar-refractivity contribution in [1.82, 2.24) is 9.88 Å². The zero-order valence-electron chi connectivity index (χ0n) is 17.0. The van der Waals surface area contributed by atoms with E-state index in [1.807, 2.05) is 28.5 Å². The summed E-state index contributed by atoms with van der Waals surface area (Å²) in [5.74, 6) is 0.130. The van der Waals surface area contributed by atoms with Gasteiger partial charge in [0.1, 0.15) is 0 Å². The van der Waals surface area contributed by atoms with Crippen LogP contribution in [0.3, 0.4) is 0 Å². The molecule has 0 aliphatic carbocycles. The van der Waals surface area contributed by atoms with Gasteiger partial charge in [-0.15, -0.1) is 11.3 Å². The Morgan fingerprint density at radius 1 is 1.13 bits per heavy atom. The molecule has 2 heterocycles. The SMILES string of the molecule is CCc1ccc(Nc2nc(CC(=O)N3CCN(c4cccc(Cl)c4)CC3)cs2)cc1. The summed E-state index contributed by atoms with van der Waals surface area (Å²) in [7, 11) is 0. The number of benzene rings is 2. The second-order valence-electron chi connectivity index (χ2n) is 7.34. The van der Waals surface area contributed by atoms with E-state index in [1.54, 1.807) is 0 Å². The van der Waals surface area contributed by atoms with Gasteiger partial charge in [-0.2, -0.15) is 0 Å². The molecule has 0 bridgehead atoms. The van der Waals surface area contributed by atoms with Crippen LogP contribution in [0.15, 0.2) is 53.9 Å². The molecule has 1 aliphatic heterocycles. The van der Waals surface area contributed by atoms with Crippen molar-refractivity contribution in [3.05, 3.63) is 70.2 Å². The maximum atomic E-state index is 12.7. The molecule has 1 aliphatic rings. The standard InChI is InChI=1S/C23H25ClN4OS/c1-2-17-6-8-19(9-7-17)25-23-26-20(16-30-23)15-22(29)28-12-10-27(11-13-28)21-5-3-4-18(24)14-21/h3-9,14,16H,2,10-13,15H2,1H3,(H,25,26). The number of anilines is 3. The third kappa shape index (κ3) is 5.12. The van der Waals surface area contributed by atoms with Crippen LogP contribution in [-0.2, 0) is 17.6 Å². The van der Waals surface area contributed by atoms with Crippen molar-refractivity contribution in [2.24, 2.45) is 0 Å². The summed E-state index contributed by atoms with van der Waals surface area (Å²) >= 11 is 7.63. The van der Waals surface area contributed by atoms with E-state index >= 15 is 0 Å². The van der Waals surface area contributed by atoms with Crippen LogP contribution in [0.5, 0.6) is 0 Å². The number of piperazine rings is 1. The number of amides is 1. The number of nitrogens with one attached hydrogen (secondary N) is 1. The molecule has 3 aromatic rings. The number of rotatable bonds is 6. The molecule has 30 heavy (non-hydrogen) atoms. The summed E-state index contributed by atoms with van der Waals surface area (Å²) < 4.78 is 0. The Labute approximate surface area is 186 Å².